The quantitative estimate of drug-likeness (QED) is 0.851. The molecule has 2 heterocycles. The third-order valence-electron chi connectivity index (χ3n) is 4.51. The first kappa shape index (κ1) is 15.7. The summed E-state index contributed by atoms with van der Waals surface area (Å²) in [5, 5.41) is 4.08. The zero-order valence-corrected chi connectivity index (χ0v) is 13.2. The van der Waals surface area contributed by atoms with Crippen LogP contribution < -0.4 is 0 Å². The number of rotatable bonds is 5. The molecule has 0 spiro atoms. The molecule has 0 N–H and O–H groups in total. The molecule has 1 aromatic heterocycles. The van der Waals surface area contributed by atoms with Crippen LogP contribution in [-0.4, -0.2) is 33.7 Å². The number of hydrogen-bond acceptors (Lipinski definition) is 2. The molecule has 1 amide bonds. The summed E-state index contributed by atoms with van der Waals surface area (Å²) < 4.78 is 15.3. The van der Waals surface area contributed by atoms with E-state index in [0.717, 1.165) is 44.3 Å². The lowest BCUT2D eigenvalue weighted by molar-refractivity contribution is -0.133. The van der Waals surface area contributed by atoms with Crippen LogP contribution in [0.5, 0.6) is 0 Å². The zero-order chi connectivity index (χ0) is 16.1. The van der Waals surface area contributed by atoms with Crippen molar-refractivity contribution in [3.05, 3.63) is 54.1 Å². The Kier molecular flexibility index (Phi) is 5.05. The van der Waals surface area contributed by atoms with Gasteiger partial charge >= 0.3 is 0 Å². The molecule has 1 fully saturated rings. The van der Waals surface area contributed by atoms with E-state index in [2.05, 4.69) is 5.10 Å². The molecule has 1 atom stereocenters. The van der Waals surface area contributed by atoms with Gasteiger partial charge in [0.25, 0.3) is 0 Å². The van der Waals surface area contributed by atoms with E-state index < -0.39 is 0 Å². The summed E-state index contributed by atoms with van der Waals surface area (Å²) in [5.41, 5.74) is 0.771. The Balaban J connectivity index is 1.52. The Morgan fingerprint density at radius 1 is 1.30 bits per heavy atom. The molecule has 1 saturated heterocycles. The van der Waals surface area contributed by atoms with E-state index in [0.29, 0.717) is 12.5 Å². The molecular weight excluding hydrogens is 293 g/mol. The molecule has 1 unspecified atom stereocenters. The summed E-state index contributed by atoms with van der Waals surface area (Å²) in [7, 11) is 0. The number of hydrogen-bond donors (Lipinski definition) is 0. The van der Waals surface area contributed by atoms with E-state index in [1.807, 2.05) is 23.1 Å². The smallest absolute Gasteiger partial charge is 0.244 e. The first-order valence-electron chi connectivity index (χ1n) is 8.21. The van der Waals surface area contributed by atoms with Gasteiger partial charge in [-0.25, -0.2) is 4.39 Å². The van der Waals surface area contributed by atoms with Crippen molar-refractivity contribution in [2.45, 2.75) is 32.2 Å². The predicted molar refractivity (Wildman–Crippen MR) is 86.3 cm³/mol. The summed E-state index contributed by atoms with van der Waals surface area (Å²) in [5.74, 6) is 0.434. The first-order valence-corrected chi connectivity index (χ1v) is 8.21. The number of nitrogens with zero attached hydrogens (tertiary/aromatic N) is 3. The number of halogens is 1. The van der Waals surface area contributed by atoms with E-state index in [1.165, 1.54) is 6.07 Å². The van der Waals surface area contributed by atoms with E-state index in [-0.39, 0.29) is 11.7 Å². The summed E-state index contributed by atoms with van der Waals surface area (Å²) in [6, 6.07) is 8.77. The highest BCUT2D eigenvalue weighted by atomic mass is 19.1. The highest BCUT2D eigenvalue weighted by Crippen LogP contribution is 2.22. The highest BCUT2D eigenvalue weighted by molar-refractivity contribution is 5.76. The molecule has 1 aromatic carbocycles. The second kappa shape index (κ2) is 7.40. The molecule has 1 aliphatic rings. The Morgan fingerprint density at radius 3 is 2.96 bits per heavy atom. The zero-order valence-electron chi connectivity index (χ0n) is 13.2. The van der Waals surface area contributed by atoms with Crippen molar-refractivity contribution < 1.29 is 9.18 Å². The number of carbonyl (C=O) groups excluding carboxylic acids is 1. The van der Waals surface area contributed by atoms with Crippen molar-refractivity contribution in [1.29, 1.82) is 0 Å². The van der Waals surface area contributed by atoms with Gasteiger partial charge in [-0.15, -0.1) is 0 Å². The molecule has 122 valence electrons. The Labute approximate surface area is 135 Å². The fourth-order valence-electron chi connectivity index (χ4n) is 3.22. The van der Waals surface area contributed by atoms with Crippen LogP contribution >= 0.6 is 0 Å². The van der Waals surface area contributed by atoms with E-state index in [9.17, 15) is 9.18 Å². The summed E-state index contributed by atoms with van der Waals surface area (Å²) in [6.07, 6.45) is 7.27. The van der Waals surface area contributed by atoms with Crippen molar-refractivity contribution >= 4 is 5.91 Å². The van der Waals surface area contributed by atoms with Gasteiger partial charge in [-0.3, -0.25) is 9.48 Å². The monoisotopic (exact) mass is 315 g/mol. The Bertz CT molecular complexity index is 641. The summed E-state index contributed by atoms with van der Waals surface area (Å²) in [4.78, 5) is 14.3. The Morgan fingerprint density at radius 2 is 2.17 bits per heavy atom. The molecule has 1 aliphatic heterocycles. The molecule has 23 heavy (non-hydrogen) atoms. The van der Waals surface area contributed by atoms with E-state index in [1.54, 1.807) is 23.1 Å². The van der Waals surface area contributed by atoms with Crippen LogP contribution in [0.4, 0.5) is 4.39 Å². The number of piperidine rings is 1. The lowest BCUT2D eigenvalue weighted by Crippen LogP contribution is -2.41. The van der Waals surface area contributed by atoms with Gasteiger partial charge in [0.2, 0.25) is 5.91 Å². The lowest BCUT2D eigenvalue weighted by Gasteiger charge is -2.33. The van der Waals surface area contributed by atoms with Crippen molar-refractivity contribution in [2.24, 2.45) is 5.92 Å². The van der Waals surface area contributed by atoms with E-state index in [4.69, 9.17) is 0 Å². The van der Waals surface area contributed by atoms with Gasteiger partial charge in [0.15, 0.2) is 0 Å². The highest BCUT2D eigenvalue weighted by Gasteiger charge is 2.23. The van der Waals surface area contributed by atoms with Crippen LogP contribution in [-0.2, 0) is 17.8 Å². The lowest BCUT2D eigenvalue weighted by atomic mass is 9.91. The molecule has 5 heteroatoms. The van der Waals surface area contributed by atoms with Crippen molar-refractivity contribution in [3.63, 3.8) is 0 Å². The molecule has 3 rings (SSSR count). The van der Waals surface area contributed by atoms with Crippen LogP contribution in [0.2, 0.25) is 0 Å². The van der Waals surface area contributed by atoms with Gasteiger partial charge in [-0.2, -0.15) is 5.10 Å². The van der Waals surface area contributed by atoms with E-state index >= 15 is 0 Å². The fourth-order valence-corrected chi connectivity index (χ4v) is 3.22. The van der Waals surface area contributed by atoms with Gasteiger partial charge in [0, 0.05) is 25.5 Å². The average molecular weight is 315 g/mol. The molecule has 0 aliphatic carbocycles. The molecule has 0 bridgehead atoms. The van der Waals surface area contributed by atoms with Crippen LogP contribution in [0, 0.1) is 11.7 Å². The standard InChI is InChI=1S/C18H22FN3O/c19-17-7-2-1-6-16(17)9-8-15-5-3-11-21(13-15)18(23)14-22-12-4-10-20-22/h1-2,4,6-7,10,12,15H,3,5,8-9,11,13-14H2. The van der Waals surface area contributed by atoms with Crippen LogP contribution in [0.25, 0.3) is 0 Å². The number of carbonyl (C=O) groups is 1. The maximum Gasteiger partial charge on any atom is 0.244 e. The maximum absolute atomic E-state index is 13.7. The second-order valence-corrected chi connectivity index (χ2v) is 6.18. The minimum absolute atomic E-state index is 0.115. The van der Waals surface area contributed by atoms with Crippen molar-refractivity contribution in [3.8, 4) is 0 Å². The second-order valence-electron chi connectivity index (χ2n) is 6.18. The molecule has 2 aromatic rings. The van der Waals surface area contributed by atoms with Gasteiger partial charge < -0.3 is 4.90 Å². The SMILES string of the molecule is O=C(Cn1cccn1)N1CCCC(CCc2ccccc2F)C1. The third kappa shape index (κ3) is 4.18. The van der Waals surface area contributed by atoms with Gasteiger partial charge in [0.1, 0.15) is 12.4 Å². The molecule has 0 radical (unpaired) electrons. The first-order chi connectivity index (χ1) is 11.2. The molecule has 0 saturated carbocycles. The third-order valence-corrected chi connectivity index (χ3v) is 4.51. The summed E-state index contributed by atoms with van der Waals surface area (Å²) >= 11 is 0. The fraction of sp³-hybridized carbons (Fsp3) is 0.444. The summed E-state index contributed by atoms with van der Waals surface area (Å²) in [6.45, 7) is 1.89. The Hall–Kier alpha value is -2.17. The minimum Gasteiger partial charge on any atom is -0.341 e. The van der Waals surface area contributed by atoms with Gasteiger partial charge in [0.05, 0.1) is 0 Å². The number of amides is 1. The normalized spacial score (nSPS) is 18.1. The van der Waals surface area contributed by atoms with Crippen LogP contribution in [0.3, 0.4) is 0 Å². The van der Waals surface area contributed by atoms with Gasteiger partial charge in [-0.05, 0) is 49.3 Å². The molecular formula is C18H22FN3O. The number of aryl methyl sites for hydroxylation is 1. The van der Waals surface area contributed by atoms with Gasteiger partial charge in [-0.1, -0.05) is 18.2 Å². The maximum atomic E-state index is 13.7. The topological polar surface area (TPSA) is 38.1 Å². The average Bonchev–Trinajstić information content (AvgIpc) is 3.07. The minimum atomic E-state index is -0.130. The number of benzene rings is 1. The largest absolute Gasteiger partial charge is 0.341 e. The number of likely N-dealkylation sites (tertiary alicyclic amines) is 1. The van der Waals surface area contributed by atoms with Crippen LogP contribution in [0.1, 0.15) is 24.8 Å². The van der Waals surface area contributed by atoms with Crippen molar-refractivity contribution in [1.82, 2.24) is 14.7 Å². The number of aromatic nitrogens is 2. The van der Waals surface area contributed by atoms with Crippen LogP contribution in [0.15, 0.2) is 42.7 Å². The molecule has 4 nitrogen and oxygen atoms in total. The predicted octanol–water partition coefficient (Wildman–Crippen LogP) is 2.89. The van der Waals surface area contributed by atoms with Crippen molar-refractivity contribution in [2.75, 3.05) is 13.1 Å².